The number of carbonyl (C=O) groups is 1. The molecule has 0 radical (unpaired) electrons. The molecule has 1 aromatic heterocycles. The van der Waals surface area contributed by atoms with Crippen LogP contribution < -0.4 is 5.73 Å². The van der Waals surface area contributed by atoms with Crippen LogP contribution in [-0.4, -0.2) is 10.5 Å². The first-order chi connectivity index (χ1) is 7.66. The van der Waals surface area contributed by atoms with Gasteiger partial charge in [0.2, 0.25) is 5.91 Å². The smallest absolute Gasteiger partial charge is 0.248 e. The first kappa shape index (κ1) is 9.90. The largest absolute Gasteiger partial charge is 0.366 e. The standard InChI is InChI=1S/C12H11BrN2O/c13-10-6-15-3-1-2-7-4-8(12(14)16)5-9(10)11(7)15/h4-6H,1-3H2,(H2,14,16). The van der Waals surface area contributed by atoms with Gasteiger partial charge in [-0.05, 0) is 46.5 Å². The Morgan fingerprint density at radius 2 is 2.25 bits per heavy atom. The van der Waals surface area contributed by atoms with Crippen LogP contribution in [0.3, 0.4) is 0 Å². The topological polar surface area (TPSA) is 48.0 Å². The summed E-state index contributed by atoms with van der Waals surface area (Å²) in [4.78, 5) is 11.2. The van der Waals surface area contributed by atoms with Gasteiger partial charge < -0.3 is 10.3 Å². The molecule has 0 atom stereocenters. The van der Waals surface area contributed by atoms with Gasteiger partial charge in [0.05, 0.1) is 5.52 Å². The monoisotopic (exact) mass is 278 g/mol. The second-order valence-electron chi connectivity index (χ2n) is 4.17. The molecular weight excluding hydrogens is 268 g/mol. The van der Waals surface area contributed by atoms with Crippen molar-refractivity contribution in [3.05, 3.63) is 33.9 Å². The van der Waals surface area contributed by atoms with Crippen molar-refractivity contribution in [2.75, 3.05) is 0 Å². The molecule has 0 spiro atoms. The van der Waals surface area contributed by atoms with Crippen LogP contribution in [0.2, 0.25) is 0 Å². The Bertz CT molecular complexity index is 601. The van der Waals surface area contributed by atoms with E-state index < -0.39 is 0 Å². The number of nitrogens with two attached hydrogens (primary N) is 1. The summed E-state index contributed by atoms with van der Waals surface area (Å²) in [6.45, 7) is 1.05. The van der Waals surface area contributed by atoms with Crippen molar-refractivity contribution in [1.82, 2.24) is 4.57 Å². The molecule has 4 heteroatoms. The highest BCUT2D eigenvalue weighted by Gasteiger charge is 2.17. The number of hydrogen-bond donors (Lipinski definition) is 1. The molecule has 16 heavy (non-hydrogen) atoms. The van der Waals surface area contributed by atoms with E-state index >= 15 is 0 Å². The molecule has 1 aromatic carbocycles. The Morgan fingerprint density at radius 3 is 3.00 bits per heavy atom. The van der Waals surface area contributed by atoms with Crippen molar-refractivity contribution >= 4 is 32.7 Å². The lowest BCUT2D eigenvalue weighted by Crippen LogP contribution is -2.13. The summed E-state index contributed by atoms with van der Waals surface area (Å²) in [6.07, 6.45) is 4.22. The fourth-order valence-electron chi connectivity index (χ4n) is 2.44. The van der Waals surface area contributed by atoms with E-state index in [4.69, 9.17) is 5.73 Å². The van der Waals surface area contributed by atoms with Gasteiger partial charge in [0.15, 0.2) is 0 Å². The van der Waals surface area contributed by atoms with Crippen LogP contribution in [0.15, 0.2) is 22.8 Å². The average molecular weight is 279 g/mol. The molecule has 1 aliphatic rings. The fourth-order valence-corrected chi connectivity index (χ4v) is 2.99. The van der Waals surface area contributed by atoms with Gasteiger partial charge in [-0.15, -0.1) is 0 Å². The molecule has 0 fully saturated rings. The minimum atomic E-state index is -0.358. The van der Waals surface area contributed by atoms with Crippen LogP contribution in [0.4, 0.5) is 0 Å². The van der Waals surface area contributed by atoms with E-state index in [-0.39, 0.29) is 5.91 Å². The third-order valence-electron chi connectivity index (χ3n) is 3.13. The van der Waals surface area contributed by atoms with Crippen molar-refractivity contribution in [1.29, 1.82) is 0 Å². The number of aromatic nitrogens is 1. The highest BCUT2D eigenvalue weighted by atomic mass is 79.9. The highest BCUT2D eigenvalue weighted by molar-refractivity contribution is 9.10. The predicted octanol–water partition coefficient (Wildman–Crippen LogP) is 2.45. The van der Waals surface area contributed by atoms with Gasteiger partial charge in [0.25, 0.3) is 0 Å². The lowest BCUT2D eigenvalue weighted by molar-refractivity contribution is 0.100. The van der Waals surface area contributed by atoms with Gasteiger partial charge in [-0.3, -0.25) is 4.79 Å². The number of nitrogens with zero attached hydrogens (tertiary/aromatic N) is 1. The molecular formula is C12H11BrN2O. The SMILES string of the molecule is NC(=O)c1cc2c3c(c1)c(Br)cn3CCC2. The fraction of sp³-hybridized carbons (Fsp3) is 0.250. The molecule has 2 aromatic rings. The highest BCUT2D eigenvalue weighted by Crippen LogP contribution is 2.33. The van der Waals surface area contributed by atoms with Crippen LogP contribution in [0.1, 0.15) is 22.3 Å². The van der Waals surface area contributed by atoms with Gasteiger partial charge >= 0.3 is 0 Å². The molecule has 3 rings (SSSR count). The first-order valence-electron chi connectivity index (χ1n) is 5.28. The Hall–Kier alpha value is -1.29. The molecule has 1 aliphatic heterocycles. The molecule has 1 amide bonds. The van der Waals surface area contributed by atoms with E-state index in [9.17, 15) is 4.79 Å². The molecule has 0 aliphatic carbocycles. The Labute approximate surface area is 101 Å². The first-order valence-corrected chi connectivity index (χ1v) is 6.07. The van der Waals surface area contributed by atoms with Gasteiger partial charge in [0, 0.05) is 28.2 Å². The molecule has 2 N–H and O–H groups in total. The molecule has 2 heterocycles. The Morgan fingerprint density at radius 1 is 1.44 bits per heavy atom. The van der Waals surface area contributed by atoms with Crippen molar-refractivity contribution in [2.45, 2.75) is 19.4 Å². The maximum Gasteiger partial charge on any atom is 0.248 e. The minimum absolute atomic E-state index is 0.358. The minimum Gasteiger partial charge on any atom is -0.366 e. The Balaban J connectivity index is 2.41. The van der Waals surface area contributed by atoms with Gasteiger partial charge in [-0.25, -0.2) is 0 Å². The van der Waals surface area contributed by atoms with E-state index in [1.165, 1.54) is 11.1 Å². The molecule has 3 nitrogen and oxygen atoms in total. The summed E-state index contributed by atoms with van der Waals surface area (Å²) in [5.74, 6) is -0.358. The average Bonchev–Trinajstić information content (AvgIpc) is 2.58. The molecule has 0 bridgehead atoms. The van der Waals surface area contributed by atoms with Crippen LogP contribution in [0, 0.1) is 0 Å². The van der Waals surface area contributed by atoms with E-state index in [1.807, 2.05) is 12.1 Å². The lowest BCUT2D eigenvalue weighted by Gasteiger charge is -2.16. The zero-order valence-electron chi connectivity index (χ0n) is 8.66. The maximum atomic E-state index is 11.2. The Kier molecular flexibility index (Phi) is 2.07. The third kappa shape index (κ3) is 1.29. The second-order valence-corrected chi connectivity index (χ2v) is 5.02. The van der Waals surface area contributed by atoms with Crippen LogP contribution in [0.25, 0.3) is 10.9 Å². The summed E-state index contributed by atoms with van der Waals surface area (Å²) in [5.41, 5.74) is 8.41. The normalized spacial score (nSPS) is 14.3. The molecule has 0 saturated carbocycles. The summed E-state index contributed by atoms with van der Waals surface area (Å²) in [7, 11) is 0. The van der Waals surface area contributed by atoms with E-state index in [1.54, 1.807) is 0 Å². The lowest BCUT2D eigenvalue weighted by atomic mass is 10.0. The van der Waals surface area contributed by atoms with E-state index in [0.717, 1.165) is 29.2 Å². The number of halogens is 1. The van der Waals surface area contributed by atoms with Crippen LogP contribution in [-0.2, 0) is 13.0 Å². The third-order valence-corrected chi connectivity index (χ3v) is 3.76. The number of primary amides is 1. The zero-order valence-corrected chi connectivity index (χ0v) is 10.3. The number of carbonyl (C=O) groups excluding carboxylic acids is 1. The van der Waals surface area contributed by atoms with Crippen LogP contribution >= 0.6 is 15.9 Å². The van der Waals surface area contributed by atoms with Crippen molar-refractivity contribution in [3.8, 4) is 0 Å². The van der Waals surface area contributed by atoms with E-state index in [0.29, 0.717) is 5.56 Å². The number of rotatable bonds is 1. The molecule has 0 saturated heterocycles. The maximum absolute atomic E-state index is 11.2. The summed E-state index contributed by atoms with van der Waals surface area (Å²) < 4.78 is 3.27. The van der Waals surface area contributed by atoms with E-state index in [2.05, 4.69) is 26.7 Å². The van der Waals surface area contributed by atoms with Crippen LogP contribution in [0.5, 0.6) is 0 Å². The van der Waals surface area contributed by atoms with Gasteiger partial charge in [-0.1, -0.05) is 0 Å². The van der Waals surface area contributed by atoms with Gasteiger partial charge in [0.1, 0.15) is 0 Å². The molecule has 82 valence electrons. The number of amides is 1. The second kappa shape index (κ2) is 3.35. The van der Waals surface area contributed by atoms with Gasteiger partial charge in [-0.2, -0.15) is 0 Å². The number of aryl methyl sites for hydroxylation is 2. The number of benzene rings is 1. The van der Waals surface area contributed by atoms with Crippen molar-refractivity contribution in [3.63, 3.8) is 0 Å². The van der Waals surface area contributed by atoms with Crippen molar-refractivity contribution in [2.24, 2.45) is 5.73 Å². The quantitative estimate of drug-likeness (QED) is 0.856. The summed E-state index contributed by atoms with van der Waals surface area (Å²) in [6, 6.07) is 3.79. The predicted molar refractivity (Wildman–Crippen MR) is 66.5 cm³/mol. The molecule has 0 unspecified atom stereocenters. The number of hydrogen-bond acceptors (Lipinski definition) is 1. The zero-order chi connectivity index (χ0) is 11.3. The van der Waals surface area contributed by atoms with Crippen molar-refractivity contribution < 1.29 is 4.79 Å². The summed E-state index contributed by atoms with van der Waals surface area (Å²) in [5, 5.41) is 1.09. The summed E-state index contributed by atoms with van der Waals surface area (Å²) >= 11 is 3.53.